The number of hydrogen-bond acceptors (Lipinski definition) is 6. The fourth-order valence-electron chi connectivity index (χ4n) is 9.04. The highest BCUT2D eigenvalue weighted by Gasteiger charge is 2.81. The molecule has 2 aromatic carbocycles. The molecule has 0 radical (unpaired) electrons. The first kappa shape index (κ1) is 25.7. The molecule has 1 aromatic heterocycles. The van der Waals surface area contributed by atoms with Crippen LogP contribution in [0.5, 0.6) is 5.75 Å². The fourth-order valence-corrected chi connectivity index (χ4v) is 9.04. The van der Waals surface area contributed by atoms with Gasteiger partial charge in [0.25, 0.3) is 11.5 Å². The molecule has 1 saturated heterocycles. The minimum absolute atomic E-state index is 0.0647. The number of nitrogens with zero attached hydrogens (tertiary/aromatic N) is 1. The number of benzene rings is 2. The highest BCUT2D eigenvalue weighted by Crippen LogP contribution is 2.73. The van der Waals surface area contributed by atoms with Gasteiger partial charge in [-0.3, -0.25) is 19.3 Å². The van der Waals surface area contributed by atoms with Crippen LogP contribution in [-0.4, -0.2) is 62.7 Å². The predicted molar refractivity (Wildman–Crippen MR) is 154 cm³/mol. The van der Waals surface area contributed by atoms with Gasteiger partial charge in [-0.2, -0.15) is 0 Å². The van der Waals surface area contributed by atoms with Crippen molar-refractivity contribution in [2.75, 3.05) is 13.1 Å². The molecule has 5 atom stereocenters. The lowest BCUT2D eigenvalue weighted by Gasteiger charge is -2.62. The molecular weight excluding hydrogens is 532 g/mol. The zero-order valence-electron chi connectivity index (χ0n) is 23.2. The van der Waals surface area contributed by atoms with Crippen molar-refractivity contribution in [3.05, 3.63) is 98.5 Å². The number of rotatable bonds is 7. The molecule has 216 valence electrons. The number of carbonyl (C=O) groups excluding carboxylic acids is 2. The number of primary amides is 1. The van der Waals surface area contributed by atoms with Gasteiger partial charge in [0.2, 0.25) is 5.91 Å². The number of nitrogens with two attached hydrogens (primary N) is 1. The van der Waals surface area contributed by atoms with E-state index >= 15 is 0 Å². The summed E-state index contributed by atoms with van der Waals surface area (Å²) < 4.78 is 0. The Morgan fingerprint density at radius 2 is 1.88 bits per heavy atom. The van der Waals surface area contributed by atoms with E-state index in [0.717, 1.165) is 36.2 Å². The molecule has 6 N–H and O–H groups in total. The first-order valence-corrected chi connectivity index (χ1v) is 14.8. The zero-order valence-corrected chi connectivity index (χ0v) is 23.2. The highest BCUT2D eigenvalue weighted by atomic mass is 16.3. The third-order valence-corrected chi connectivity index (χ3v) is 10.8. The van der Waals surface area contributed by atoms with Gasteiger partial charge in [-0.25, -0.2) is 0 Å². The molecule has 2 spiro atoms. The Hall–Kier alpha value is -3.95. The van der Waals surface area contributed by atoms with Crippen LogP contribution in [0.1, 0.15) is 57.6 Å². The number of aromatic amines is 1. The fraction of sp³-hybridized carbons (Fsp3) is 0.424. The van der Waals surface area contributed by atoms with E-state index in [1.54, 1.807) is 18.2 Å². The highest BCUT2D eigenvalue weighted by molar-refractivity contribution is 5.97. The van der Waals surface area contributed by atoms with Crippen molar-refractivity contribution in [1.82, 2.24) is 15.2 Å². The first-order valence-electron chi connectivity index (χ1n) is 14.8. The number of phenolic OH excluding ortho intramolecular Hbond substituents is 1. The Morgan fingerprint density at radius 3 is 2.62 bits per heavy atom. The maximum absolute atomic E-state index is 13.4. The molecule has 5 aliphatic rings. The summed E-state index contributed by atoms with van der Waals surface area (Å²) in [6.07, 6.45) is 4.13. The van der Waals surface area contributed by atoms with E-state index in [2.05, 4.69) is 15.2 Å². The summed E-state index contributed by atoms with van der Waals surface area (Å²) in [4.78, 5) is 44.3. The minimum atomic E-state index is -1.12. The Bertz CT molecular complexity index is 1720. The number of H-pyrrole nitrogens is 1. The van der Waals surface area contributed by atoms with Crippen LogP contribution < -0.4 is 16.6 Å². The summed E-state index contributed by atoms with van der Waals surface area (Å²) in [6.45, 7) is 1.85. The number of amides is 2. The van der Waals surface area contributed by atoms with Gasteiger partial charge in [0.1, 0.15) is 17.4 Å². The van der Waals surface area contributed by atoms with Gasteiger partial charge >= 0.3 is 0 Å². The Kier molecular flexibility index (Phi) is 5.24. The van der Waals surface area contributed by atoms with Crippen molar-refractivity contribution in [2.24, 2.45) is 11.7 Å². The van der Waals surface area contributed by atoms with Gasteiger partial charge in [0, 0.05) is 48.9 Å². The van der Waals surface area contributed by atoms with Crippen LogP contribution in [0.4, 0.5) is 0 Å². The van der Waals surface area contributed by atoms with Gasteiger partial charge in [-0.05, 0) is 65.6 Å². The Balaban J connectivity index is 1.15. The number of aromatic nitrogens is 1. The lowest BCUT2D eigenvalue weighted by atomic mass is 9.55. The van der Waals surface area contributed by atoms with Crippen LogP contribution in [0.3, 0.4) is 0 Å². The van der Waals surface area contributed by atoms with Crippen LogP contribution in [0.25, 0.3) is 0 Å². The molecule has 2 amide bonds. The summed E-state index contributed by atoms with van der Waals surface area (Å²) in [6, 6.07) is 15.3. The second-order valence-electron chi connectivity index (χ2n) is 13.3. The number of pyridine rings is 1. The van der Waals surface area contributed by atoms with Crippen LogP contribution in [0.15, 0.2) is 59.4 Å². The second-order valence-corrected chi connectivity index (χ2v) is 13.3. The van der Waals surface area contributed by atoms with E-state index < -0.39 is 34.4 Å². The van der Waals surface area contributed by atoms with Gasteiger partial charge in [0.05, 0.1) is 11.6 Å². The van der Waals surface area contributed by atoms with Gasteiger partial charge in [0.15, 0.2) is 0 Å². The number of fused-ring (bicyclic) bond motifs is 3. The molecule has 1 unspecified atom stereocenters. The number of likely N-dealkylation sites (tertiary alicyclic amines) is 1. The largest absolute Gasteiger partial charge is 0.508 e. The normalized spacial score (nSPS) is 30.8. The van der Waals surface area contributed by atoms with E-state index in [-0.39, 0.29) is 35.6 Å². The summed E-state index contributed by atoms with van der Waals surface area (Å²) >= 11 is 0. The molecule has 3 fully saturated rings. The summed E-state index contributed by atoms with van der Waals surface area (Å²) in [5, 5.41) is 25.9. The molecule has 2 bridgehead atoms. The molecule has 3 aromatic rings. The molecule has 2 heterocycles. The van der Waals surface area contributed by atoms with Crippen molar-refractivity contribution in [3.63, 3.8) is 0 Å². The summed E-state index contributed by atoms with van der Waals surface area (Å²) in [7, 11) is 0. The van der Waals surface area contributed by atoms with Crippen molar-refractivity contribution in [3.8, 4) is 5.75 Å². The third-order valence-electron chi connectivity index (χ3n) is 10.8. The van der Waals surface area contributed by atoms with Gasteiger partial charge < -0.3 is 26.2 Å². The monoisotopic (exact) mass is 566 g/mol. The minimum Gasteiger partial charge on any atom is -0.508 e. The maximum atomic E-state index is 13.4. The van der Waals surface area contributed by atoms with Crippen LogP contribution in [0.2, 0.25) is 0 Å². The van der Waals surface area contributed by atoms with Crippen LogP contribution >= 0.6 is 0 Å². The SMILES string of the molecule is NC(=O)[C@H](Cc1ccccc1)NC(=O)c1cc2c([nH]c1=O)C[C@@]13CC4(CN(CC5CC5)[C@H]4[C@]1(O)C2)c1ccc(O)cc13. The Labute approximate surface area is 242 Å². The van der Waals surface area contributed by atoms with Crippen molar-refractivity contribution in [2.45, 2.75) is 67.0 Å². The average Bonchev–Trinajstić information content (AvgIpc) is 3.68. The van der Waals surface area contributed by atoms with Crippen molar-refractivity contribution >= 4 is 11.8 Å². The quantitative estimate of drug-likeness (QED) is 0.292. The molecule has 42 heavy (non-hydrogen) atoms. The lowest BCUT2D eigenvalue weighted by molar-refractivity contribution is -0.136. The number of nitrogens with one attached hydrogen (secondary N) is 2. The maximum Gasteiger partial charge on any atom is 0.261 e. The van der Waals surface area contributed by atoms with E-state index in [0.29, 0.717) is 18.0 Å². The smallest absolute Gasteiger partial charge is 0.261 e. The number of phenols is 1. The average molecular weight is 567 g/mol. The number of carbonyl (C=O) groups is 2. The number of aliphatic hydroxyl groups is 1. The molecule has 4 aliphatic carbocycles. The molecular formula is C33H34N4O5. The summed E-state index contributed by atoms with van der Waals surface area (Å²) in [5.74, 6) is -0.514. The number of aromatic hydroxyl groups is 1. The van der Waals surface area contributed by atoms with Crippen LogP contribution in [-0.2, 0) is 34.9 Å². The topological polar surface area (TPSA) is 149 Å². The van der Waals surface area contributed by atoms with E-state index in [4.69, 9.17) is 5.73 Å². The van der Waals surface area contributed by atoms with E-state index in [1.807, 2.05) is 36.4 Å². The zero-order chi connectivity index (χ0) is 29.0. The van der Waals surface area contributed by atoms with Crippen molar-refractivity contribution in [1.29, 1.82) is 0 Å². The molecule has 9 nitrogen and oxygen atoms in total. The van der Waals surface area contributed by atoms with E-state index in [1.165, 1.54) is 18.4 Å². The molecule has 8 rings (SSSR count). The lowest BCUT2D eigenvalue weighted by Crippen LogP contribution is -2.75. The van der Waals surface area contributed by atoms with Crippen molar-refractivity contribution < 1.29 is 19.8 Å². The predicted octanol–water partition coefficient (Wildman–Crippen LogP) is 1.42. The standard InChI is InChI=1S/C33H34N4O5/c34-27(39)25(10-18-4-2-1-3-5-18)35-28(40)22-11-20-13-33(42)30-31(17-37(30)15-19-6-7-19)16-32(33,14-26(20)36-29(22)41)24-12-21(38)8-9-23(24)31/h1-5,8-9,11-12,19,25,30,38,42H,6-7,10,13-17H2,(H2,34,39)(H,35,40)(H,36,41)/t25-,30+,31?,32-,33+/m0/s1. The first-order chi connectivity index (χ1) is 20.1. The number of hydrogen-bond donors (Lipinski definition) is 5. The second kappa shape index (κ2) is 8.55. The molecule has 9 heteroatoms. The summed E-state index contributed by atoms with van der Waals surface area (Å²) in [5.41, 5.74) is 7.46. The molecule has 2 saturated carbocycles. The third kappa shape index (κ3) is 3.40. The van der Waals surface area contributed by atoms with E-state index in [9.17, 15) is 24.6 Å². The van der Waals surface area contributed by atoms with Crippen LogP contribution in [0, 0.1) is 5.92 Å². The Morgan fingerprint density at radius 1 is 1.10 bits per heavy atom. The van der Waals surface area contributed by atoms with Gasteiger partial charge in [-0.1, -0.05) is 36.4 Å². The van der Waals surface area contributed by atoms with Gasteiger partial charge in [-0.15, -0.1) is 0 Å². The molecule has 1 aliphatic heterocycles.